The first-order valence-corrected chi connectivity index (χ1v) is 6.25. The van der Waals surface area contributed by atoms with Crippen LogP contribution in [0.1, 0.15) is 0 Å². The second-order valence-electron chi connectivity index (χ2n) is 4.70. The molecule has 0 unspecified atom stereocenters. The summed E-state index contributed by atoms with van der Waals surface area (Å²) >= 11 is 0. The van der Waals surface area contributed by atoms with Gasteiger partial charge < -0.3 is 30.5 Å². The van der Waals surface area contributed by atoms with Crippen molar-refractivity contribution < 1.29 is 30.1 Å². The van der Waals surface area contributed by atoms with Gasteiger partial charge in [-0.25, -0.2) is 0 Å². The second kappa shape index (κ2) is 6.33. The molecule has 0 bridgehead atoms. The maximum atomic E-state index is 10.5. The summed E-state index contributed by atoms with van der Waals surface area (Å²) in [6, 6.07) is 5.37. The number of nitrogens with one attached hydrogen (secondary N) is 1. The Kier molecular flexibility index (Phi) is 4.70. The fourth-order valence-electron chi connectivity index (χ4n) is 2.06. The van der Waals surface area contributed by atoms with E-state index in [0.717, 1.165) is 0 Å². The van der Waals surface area contributed by atoms with E-state index in [2.05, 4.69) is 5.32 Å². The van der Waals surface area contributed by atoms with E-state index in [4.69, 9.17) is 9.84 Å². The number of nitrogens with zero attached hydrogens (tertiary/aromatic N) is 1. The van der Waals surface area contributed by atoms with Crippen LogP contribution >= 0.6 is 0 Å². The first-order chi connectivity index (χ1) is 9.93. The van der Waals surface area contributed by atoms with E-state index in [1.54, 1.807) is 0 Å². The van der Waals surface area contributed by atoms with Crippen molar-refractivity contribution in [1.29, 1.82) is 0 Å². The highest BCUT2D eigenvalue weighted by Crippen LogP contribution is 2.23. The molecule has 0 aliphatic carbocycles. The van der Waals surface area contributed by atoms with E-state index in [-0.39, 0.29) is 5.69 Å². The van der Waals surface area contributed by atoms with E-state index >= 15 is 0 Å². The summed E-state index contributed by atoms with van der Waals surface area (Å²) in [6.07, 6.45) is -6.41. The Morgan fingerprint density at radius 2 is 1.76 bits per heavy atom. The molecule has 9 nitrogen and oxygen atoms in total. The lowest BCUT2D eigenvalue weighted by molar-refractivity contribution is -0.384. The molecule has 9 heteroatoms. The summed E-state index contributed by atoms with van der Waals surface area (Å²) in [7, 11) is 0. The fraction of sp³-hybridized carbons (Fsp3) is 0.500. The van der Waals surface area contributed by atoms with Crippen LogP contribution in [0.3, 0.4) is 0 Å². The zero-order chi connectivity index (χ0) is 15.6. The Morgan fingerprint density at radius 3 is 2.29 bits per heavy atom. The minimum absolute atomic E-state index is 0.0886. The predicted molar refractivity (Wildman–Crippen MR) is 70.5 cm³/mol. The molecular weight excluding hydrogens is 284 g/mol. The zero-order valence-corrected chi connectivity index (χ0v) is 10.9. The van der Waals surface area contributed by atoms with E-state index in [9.17, 15) is 25.4 Å². The first-order valence-electron chi connectivity index (χ1n) is 6.25. The van der Waals surface area contributed by atoms with E-state index in [0.29, 0.717) is 5.69 Å². The SMILES string of the molecule is O=[N+]([O-])c1ccc(N[C@@H]2O[C@H](CO)[C@H](O)[C@H](O)[C@@H]2O)cc1. The molecule has 1 aromatic rings. The molecule has 0 amide bonds. The Hall–Kier alpha value is -1.78. The molecule has 5 atom stereocenters. The van der Waals surface area contributed by atoms with Crippen LogP contribution in [0.25, 0.3) is 0 Å². The first kappa shape index (κ1) is 15.6. The molecule has 1 saturated heterocycles. The molecule has 0 saturated carbocycles. The lowest BCUT2D eigenvalue weighted by Crippen LogP contribution is -2.60. The molecule has 5 N–H and O–H groups in total. The monoisotopic (exact) mass is 300 g/mol. The summed E-state index contributed by atoms with van der Waals surface area (Å²) in [5, 5.41) is 51.5. The number of aliphatic hydroxyl groups excluding tert-OH is 4. The summed E-state index contributed by atoms with van der Waals surface area (Å²) in [6.45, 7) is -0.524. The normalized spacial score (nSPS) is 32.7. The zero-order valence-electron chi connectivity index (χ0n) is 10.9. The van der Waals surface area contributed by atoms with E-state index in [1.807, 2.05) is 0 Å². The van der Waals surface area contributed by atoms with Crippen molar-refractivity contribution in [3.05, 3.63) is 34.4 Å². The summed E-state index contributed by atoms with van der Waals surface area (Å²) in [5.41, 5.74) is 0.333. The van der Waals surface area contributed by atoms with Gasteiger partial charge >= 0.3 is 0 Å². The minimum Gasteiger partial charge on any atom is -0.394 e. The molecule has 21 heavy (non-hydrogen) atoms. The highest BCUT2D eigenvalue weighted by Gasteiger charge is 2.43. The van der Waals surface area contributed by atoms with Crippen molar-refractivity contribution >= 4 is 11.4 Å². The van der Waals surface area contributed by atoms with Gasteiger partial charge in [-0.3, -0.25) is 10.1 Å². The molecule has 116 valence electrons. The van der Waals surface area contributed by atoms with Gasteiger partial charge in [0.2, 0.25) is 0 Å². The molecular formula is C12H16N2O7. The molecule has 1 fully saturated rings. The topological polar surface area (TPSA) is 145 Å². The standard InChI is InChI=1S/C12H16N2O7/c15-5-8-9(16)10(17)11(18)12(21-8)13-6-1-3-7(4-2-6)14(19)20/h1-4,8-13,15-18H,5H2/t8-,9+,10+,11+,12-/m1/s1. The molecule has 2 rings (SSSR count). The maximum absolute atomic E-state index is 10.5. The Bertz CT molecular complexity index is 493. The van der Waals surface area contributed by atoms with E-state index in [1.165, 1.54) is 24.3 Å². The molecule has 0 radical (unpaired) electrons. The third-order valence-corrected chi connectivity index (χ3v) is 3.28. The fourth-order valence-corrected chi connectivity index (χ4v) is 2.06. The average Bonchev–Trinajstić information content (AvgIpc) is 2.48. The molecule has 1 aromatic carbocycles. The maximum Gasteiger partial charge on any atom is 0.269 e. The Morgan fingerprint density at radius 1 is 1.14 bits per heavy atom. The number of non-ortho nitro benzene ring substituents is 1. The van der Waals surface area contributed by atoms with Crippen LogP contribution in [0.2, 0.25) is 0 Å². The van der Waals surface area contributed by atoms with Gasteiger partial charge in [0.25, 0.3) is 5.69 Å². The van der Waals surface area contributed by atoms with Gasteiger partial charge in [0.15, 0.2) is 6.23 Å². The molecule has 1 aliphatic heterocycles. The number of hydrogen-bond acceptors (Lipinski definition) is 8. The Labute approximate surface area is 119 Å². The van der Waals surface area contributed by atoms with Crippen LogP contribution in [0.4, 0.5) is 11.4 Å². The summed E-state index contributed by atoms with van der Waals surface area (Å²) in [4.78, 5) is 10.0. The van der Waals surface area contributed by atoms with Crippen molar-refractivity contribution in [3.8, 4) is 0 Å². The van der Waals surface area contributed by atoms with Crippen LogP contribution in [-0.4, -0.2) is 62.6 Å². The van der Waals surface area contributed by atoms with Gasteiger partial charge in [-0.1, -0.05) is 0 Å². The molecule has 0 aromatic heterocycles. The number of benzene rings is 1. The minimum atomic E-state index is -1.48. The van der Waals surface area contributed by atoms with Gasteiger partial charge in [0.1, 0.15) is 24.4 Å². The molecule has 1 heterocycles. The van der Waals surface area contributed by atoms with Crippen LogP contribution in [0.15, 0.2) is 24.3 Å². The van der Waals surface area contributed by atoms with Gasteiger partial charge in [-0.15, -0.1) is 0 Å². The highest BCUT2D eigenvalue weighted by atomic mass is 16.6. The summed E-state index contributed by atoms with van der Waals surface area (Å²) < 4.78 is 5.26. The van der Waals surface area contributed by atoms with Gasteiger partial charge in [-0.2, -0.15) is 0 Å². The number of ether oxygens (including phenoxy) is 1. The van der Waals surface area contributed by atoms with Crippen LogP contribution in [0.5, 0.6) is 0 Å². The van der Waals surface area contributed by atoms with Crippen molar-refractivity contribution in [1.82, 2.24) is 0 Å². The third kappa shape index (κ3) is 3.28. The average molecular weight is 300 g/mol. The van der Waals surface area contributed by atoms with Crippen molar-refractivity contribution in [2.24, 2.45) is 0 Å². The number of aliphatic hydroxyl groups is 4. The van der Waals surface area contributed by atoms with Gasteiger partial charge in [0, 0.05) is 17.8 Å². The van der Waals surface area contributed by atoms with Crippen LogP contribution < -0.4 is 5.32 Å². The van der Waals surface area contributed by atoms with Gasteiger partial charge in [0.05, 0.1) is 11.5 Å². The number of hydrogen-bond donors (Lipinski definition) is 5. The third-order valence-electron chi connectivity index (χ3n) is 3.28. The number of anilines is 1. The smallest absolute Gasteiger partial charge is 0.269 e. The number of rotatable bonds is 4. The Balaban J connectivity index is 2.08. The van der Waals surface area contributed by atoms with Crippen molar-refractivity contribution in [2.45, 2.75) is 30.6 Å². The predicted octanol–water partition coefficient (Wildman–Crippen LogP) is -1.19. The lowest BCUT2D eigenvalue weighted by atomic mass is 9.98. The highest BCUT2D eigenvalue weighted by molar-refractivity contribution is 5.49. The molecule has 1 aliphatic rings. The quantitative estimate of drug-likeness (QED) is 0.344. The molecule has 0 spiro atoms. The van der Waals surface area contributed by atoms with E-state index < -0.39 is 42.2 Å². The van der Waals surface area contributed by atoms with Crippen LogP contribution in [-0.2, 0) is 4.74 Å². The van der Waals surface area contributed by atoms with Crippen LogP contribution in [0, 0.1) is 10.1 Å². The lowest BCUT2D eigenvalue weighted by Gasteiger charge is -2.40. The largest absolute Gasteiger partial charge is 0.394 e. The number of nitro benzene ring substituents is 1. The van der Waals surface area contributed by atoms with Gasteiger partial charge in [-0.05, 0) is 12.1 Å². The summed E-state index contributed by atoms with van der Waals surface area (Å²) in [5.74, 6) is 0. The van der Waals surface area contributed by atoms with Crippen molar-refractivity contribution in [2.75, 3.05) is 11.9 Å². The second-order valence-corrected chi connectivity index (χ2v) is 4.70. The van der Waals surface area contributed by atoms with Crippen molar-refractivity contribution in [3.63, 3.8) is 0 Å². The number of nitro groups is 1.